The van der Waals surface area contributed by atoms with Crippen molar-refractivity contribution < 1.29 is 9.47 Å². The van der Waals surface area contributed by atoms with Crippen molar-refractivity contribution in [2.24, 2.45) is 0 Å². The standard InChI is InChI=1S/C19H19N5O2/c1-25-13-9-12(10-14(11-13)26-2)7-8-17-21-16-6-4-3-5-15(16)18-22-19(20)23-24(17)18/h3-6,9-11H,7-8H2,1-2H3,(H2,20,23). The van der Waals surface area contributed by atoms with Crippen LogP contribution in [0.1, 0.15) is 11.4 Å². The quantitative estimate of drug-likeness (QED) is 0.596. The van der Waals surface area contributed by atoms with Crippen LogP contribution in [0.2, 0.25) is 0 Å². The normalized spacial score (nSPS) is 11.2. The number of nitrogens with zero attached hydrogens (tertiary/aromatic N) is 4. The Balaban J connectivity index is 1.73. The molecule has 0 aliphatic carbocycles. The Morgan fingerprint density at radius 2 is 1.69 bits per heavy atom. The molecule has 2 aromatic carbocycles. The number of rotatable bonds is 5. The van der Waals surface area contributed by atoms with Gasteiger partial charge in [0.2, 0.25) is 5.95 Å². The maximum atomic E-state index is 5.83. The average Bonchev–Trinajstić information content (AvgIpc) is 3.07. The molecule has 0 unspecified atom stereocenters. The summed E-state index contributed by atoms with van der Waals surface area (Å²) in [5.41, 5.74) is 8.53. The highest BCUT2D eigenvalue weighted by molar-refractivity contribution is 5.91. The van der Waals surface area contributed by atoms with Crippen LogP contribution in [-0.2, 0) is 12.8 Å². The lowest BCUT2D eigenvalue weighted by molar-refractivity contribution is 0.393. The number of hydrogen-bond donors (Lipinski definition) is 1. The van der Waals surface area contributed by atoms with Gasteiger partial charge in [-0.3, -0.25) is 0 Å². The maximum absolute atomic E-state index is 5.83. The largest absolute Gasteiger partial charge is 0.497 e. The Morgan fingerprint density at radius 1 is 0.962 bits per heavy atom. The lowest BCUT2D eigenvalue weighted by Crippen LogP contribution is -2.06. The van der Waals surface area contributed by atoms with Gasteiger partial charge < -0.3 is 15.2 Å². The van der Waals surface area contributed by atoms with E-state index in [-0.39, 0.29) is 5.95 Å². The van der Waals surface area contributed by atoms with E-state index in [0.717, 1.165) is 45.9 Å². The fourth-order valence-corrected chi connectivity index (χ4v) is 3.06. The monoisotopic (exact) mass is 349 g/mol. The average molecular weight is 349 g/mol. The molecule has 132 valence electrons. The number of aromatic nitrogens is 4. The van der Waals surface area contributed by atoms with Gasteiger partial charge in [0.15, 0.2) is 5.65 Å². The number of anilines is 1. The minimum Gasteiger partial charge on any atom is -0.497 e. The smallest absolute Gasteiger partial charge is 0.240 e. The summed E-state index contributed by atoms with van der Waals surface area (Å²) < 4.78 is 12.4. The molecule has 0 saturated heterocycles. The fourth-order valence-electron chi connectivity index (χ4n) is 3.06. The minimum atomic E-state index is 0.243. The zero-order valence-electron chi connectivity index (χ0n) is 14.6. The van der Waals surface area contributed by atoms with Crippen molar-refractivity contribution in [2.45, 2.75) is 12.8 Å². The first-order valence-corrected chi connectivity index (χ1v) is 8.30. The Hall–Kier alpha value is -3.35. The summed E-state index contributed by atoms with van der Waals surface area (Å²) in [5.74, 6) is 2.58. The predicted molar refractivity (Wildman–Crippen MR) is 99.7 cm³/mol. The number of hydrogen-bond acceptors (Lipinski definition) is 6. The lowest BCUT2D eigenvalue weighted by Gasteiger charge is -2.09. The summed E-state index contributed by atoms with van der Waals surface area (Å²) in [6.45, 7) is 0. The Bertz CT molecular complexity index is 1070. The highest BCUT2D eigenvalue weighted by atomic mass is 16.5. The third kappa shape index (κ3) is 2.88. The molecule has 4 rings (SSSR count). The summed E-state index contributed by atoms with van der Waals surface area (Å²) >= 11 is 0. The van der Waals surface area contributed by atoms with Gasteiger partial charge in [-0.1, -0.05) is 12.1 Å². The summed E-state index contributed by atoms with van der Waals surface area (Å²) in [5, 5.41) is 5.25. The molecule has 7 nitrogen and oxygen atoms in total. The summed E-state index contributed by atoms with van der Waals surface area (Å²) in [7, 11) is 3.29. The van der Waals surface area contributed by atoms with Gasteiger partial charge >= 0.3 is 0 Å². The highest BCUT2D eigenvalue weighted by Crippen LogP contribution is 2.24. The van der Waals surface area contributed by atoms with E-state index >= 15 is 0 Å². The van der Waals surface area contributed by atoms with Crippen molar-refractivity contribution in [3.8, 4) is 11.5 Å². The van der Waals surface area contributed by atoms with Crippen LogP contribution in [0.3, 0.4) is 0 Å². The molecule has 4 aromatic rings. The third-order valence-electron chi connectivity index (χ3n) is 4.31. The second kappa shape index (κ2) is 6.51. The number of nitrogens with two attached hydrogens (primary N) is 1. The Kier molecular flexibility index (Phi) is 4.04. The lowest BCUT2D eigenvalue weighted by atomic mass is 10.1. The van der Waals surface area contributed by atoms with Gasteiger partial charge in [-0.15, -0.1) is 5.10 Å². The van der Waals surface area contributed by atoms with Gasteiger partial charge in [0.1, 0.15) is 17.3 Å². The molecular formula is C19H19N5O2. The first kappa shape index (κ1) is 16.1. The first-order chi connectivity index (χ1) is 12.7. The topological polar surface area (TPSA) is 87.6 Å². The van der Waals surface area contributed by atoms with Crippen LogP contribution >= 0.6 is 0 Å². The van der Waals surface area contributed by atoms with Crippen LogP contribution in [0, 0.1) is 0 Å². The highest BCUT2D eigenvalue weighted by Gasteiger charge is 2.12. The van der Waals surface area contributed by atoms with Gasteiger partial charge in [0.05, 0.1) is 19.7 Å². The molecule has 2 heterocycles. The molecule has 0 spiro atoms. The molecule has 0 bridgehead atoms. The van der Waals surface area contributed by atoms with Gasteiger partial charge in [-0.25, -0.2) is 4.98 Å². The van der Waals surface area contributed by atoms with Crippen molar-refractivity contribution in [3.05, 3.63) is 53.9 Å². The molecule has 2 N–H and O–H groups in total. The van der Waals surface area contributed by atoms with Crippen molar-refractivity contribution >= 4 is 22.5 Å². The molecule has 7 heteroatoms. The van der Waals surface area contributed by atoms with Crippen molar-refractivity contribution in [1.82, 2.24) is 19.6 Å². The van der Waals surface area contributed by atoms with E-state index in [2.05, 4.69) is 10.1 Å². The minimum absolute atomic E-state index is 0.243. The molecule has 0 radical (unpaired) electrons. The van der Waals surface area contributed by atoms with Crippen molar-refractivity contribution in [2.75, 3.05) is 20.0 Å². The van der Waals surface area contributed by atoms with E-state index in [4.69, 9.17) is 20.2 Å². The molecule has 0 fully saturated rings. The number of aryl methyl sites for hydroxylation is 2. The zero-order valence-corrected chi connectivity index (χ0v) is 14.6. The molecule has 0 saturated carbocycles. The summed E-state index contributed by atoms with van der Waals surface area (Å²) in [6.07, 6.45) is 1.44. The Labute approximate surface area is 150 Å². The van der Waals surface area contributed by atoms with Crippen LogP contribution in [0.15, 0.2) is 42.5 Å². The van der Waals surface area contributed by atoms with E-state index in [1.807, 2.05) is 42.5 Å². The van der Waals surface area contributed by atoms with Gasteiger partial charge in [0.25, 0.3) is 0 Å². The molecule has 0 aliphatic rings. The first-order valence-electron chi connectivity index (χ1n) is 8.30. The molecule has 2 aromatic heterocycles. The van der Waals surface area contributed by atoms with E-state index in [0.29, 0.717) is 6.42 Å². The van der Waals surface area contributed by atoms with Gasteiger partial charge in [-0.2, -0.15) is 9.50 Å². The van der Waals surface area contributed by atoms with Gasteiger partial charge in [-0.05, 0) is 36.2 Å². The van der Waals surface area contributed by atoms with Crippen LogP contribution in [0.25, 0.3) is 16.6 Å². The van der Waals surface area contributed by atoms with Gasteiger partial charge in [0, 0.05) is 17.9 Å². The number of methoxy groups -OCH3 is 2. The van der Waals surface area contributed by atoms with E-state index in [1.165, 1.54) is 0 Å². The number of nitrogen functional groups attached to an aromatic ring is 1. The number of benzene rings is 2. The van der Waals surface area contributed by atoms with Crippen LogP contribution in [-0.4, -0.2) is 33.8 Å². The molecule has 0 atom stereocenters. The molecule has 0 aliphatic heterocycles. The fraction of sp³-hybridized carbons (Fsp3) is 0.211. The maximum Gasteiger partial charge on any atom is 0.240 e. The molecule has 0 amide bonds. The Morgan fingerprint density at radius 3 is 2.42 bits per heavy atom. The van der Waals surface area contributed by atoms with E-state index in [1.54, 1.807) is 18.7 Å². The second-order valence-electron chi connectivity index (χ2n) is 5.97. The second-order valence-corrected chi connectivity index (χ2v) is 5.97. The number of para-hydroxylation sites is 1. The summed E-state index contributed by atoms with van der Waals surface area (Å²) in [6, 6.07) is 13.7. The molecule has 26 heavy (non-hydrogen) atoms. The SMILES string of the molecule is COc1cc(CCc2nc3ccccc3c3nc(N)nn23)cc(OC)c1. The van der Waals surface area contributed by atoms with Crippen molar-refractivity contribution in [3.63, 3.8) is 0 Å². The van der Waals surface area contributed by atoms with E-state index in [9.17, 15) is 0 Å². The van der Waals surface area contributed by atoms with E-state index < -0.39 is 0 Å². The van der Waals surface area contributed by atoms with Crippen LogP contribution in [0.5, 0.6) is 11.5 Å². The van der Waals surface area contributed by atoms with Crippen molar-refractivity contribution in [1.29, 1.82) is 0 Å². The van der Waals surface area contributed by atoms with Crippen LogP contribution in [0.4, 0.5) is 5.95 Å². The summed E-state index contributed by atoms with van der Waals surface area (Å²) in [4.78, 5) is 9.12. The third-order valence-corrected chi connectivity index (χ3v) is 4.31. The van der Waals surface area contributed by atoms with Crippen LogP contribution < -0.4 is 15.2 Å². The predicted octanol–water partition coefficient (Wildman–Crippen LogP) is 2.66. The zero-order chi connectivity index (χ0) is 18.1. The molecular weight excluding hydrogens is 330 g/mol. The number of fused-ring (bicyclic) bond motifs is 3. The number of ether oxygens (including phenoxy) is 2.